The van der Waals surface area contributed by atoms with E-state index in [1.54, 1.807) is 7.11 Å². The first-order valence-corrected chi connectivity index (χ1v) is 7.29. The van der Waals surface area contributed by atoms with Gasteiger partial charge in [0, 0.05) is 12.0 Å². The lowest BCUT2D eigenvalue weighted by Crippen LogP contribution is -2.19. The summed E-state index contributed by atoms with van der Waals surface area (Å²) < 4.78 is 10.5. The van der Waals surface area contributed by atoms with Gasteiger partial charge >= 0.3 is 0 Å². The molecular weight excluding hydrogens is 266 g/mol. The molecule has 0 bridgehead atoms. The molecule has 0 amide bonds. The van der Waals surface area contributed by atoms with Crippen molar-refractivity contribution >= 4 is 0 Å². The molecule has 5 nitrogen and oxygen atoms in total. The first-order valence-electron chi connectivity index (χ1n) is 7.29. The molecule has 1 aromatic heterocycles. The molecule has 0 aliphatic carbocycles. The van der Waals surface area contributed by atoms with E-state index in [4.69, 9.17) is 15.0 Å². The fraction of sp³-hybridized carbons (Fsp3) is 0.500. The molecule has 0 aliphatic rings. The summed E-state index contributed by atoms with van der Waals surface area (Å²) in [5, 5.41) is 4.04. The predicted octanol–water partition coefficient (Wildman–Crippen LogP) is 2.91. The van der Waals surface area contributed by atoms with Gasteiger partial charge in [-0.25, -0.2) is 0 Å². The van der Waals surface area contributed by atoms with E-state index >= 15 is 0 Å². The van der Waals surface area contributed by atoms with Gasteiger partial charge in [0.15, 0.2) is 0 Å². The van der Waals surface area contributed by atoms with E-state index < -0.39 is 0 Å². The van der Waals surface area contributed by atoms with Crippen molar-refractivity contribution in [2.24, 2.45) is 17.6 Å². The molecule has 0 fully saturated rings. The maximum Gasteiger partial charge on any atom is 0.227 e. The topological polar surface area (TPSA) is 74.2 Å². The highest BCUT2D eigenvalue weighted by Gasteiger charge is 2.15. The second kappa shape index (κ2) is 7.22. The van der Waals surface area contributed by atoms with Crippen LogP contribution < -0.4 is 10.5 Å². The predicted molar refractivity (Wildman–Crippen MR) is 82.0 cm³/mol. The lowest BCUT2D eigenvalue weighted by molar-refractivity contribution is 0.332. The number of ether oxygens (including phenoxy) is 1. The average molecular weight is 289 g/mol. The van der Waals surface area contributed by atoms with Crippen molar-refractivity contribution in [3.63, 3.8) is 0 Å². The van der Waals surface area contributed by atoms with Crippen molar-refractivity contribution in [2.45, 2.75) is 26.7 Å². The molecule has 0 aliphatic heterocycles. The summed E-state index contributed by atoms with van der Waals surface area (Å²) >= 11 is 0. The number of nitrogens with zero attached hydrogens (tertiary/aromatic N) is 2. The maximum atomic E-state index is 5.82. The highest BCUT2D eigenvalue weighted by molar-refractivity contribution is 5.55. The van der Waals surface area contributed by atoms with Gasteiger partial charge in [0.05, 0.1) is 7.11 Å². The molecule has 1 atom stereocenters. The first-order chi connectivity index (χ1) is 10.1. The van der Waals surface area contributed by atoms with Crippen LogP contribution >= 0.6 is 0 Å². The Hall–Kier alpha value is -1.88. The number of methoxy groups -OCH3 is 1. The zero-order valence-corrected chi connectivity index (χ0v) is 12.9. The molecule has 114 valence electrons. The van der Waals surface area contributed by atoms with Crippen LogP contribution in [0.15, 0.2) is 28.8 Å². The summed E-state index contributed by atoms with van der Waals surface area (Å²) in [7, 11) is 1.64. The fourth-order valence-corrected chi connectivity index (χ4v) is 2.37. The first kappa shape index (κ1) is 15.5. The normalized spacial score (nSPS) is 12.6. The number of hydrogen-bond donors (Lipinski definition) is 1. The third kappa shape index (κ3) is 4.29. The van der Waals surface area contributed by atoms with Crippen molar-refractivity contribution in [2.75, 3.05) is 13.7 Å². The van der Waals surface area contributed by atoms with E-state index in [1.165, 1.54) is 0 Å². The van der Waals surface area contributed by atoms with Gasteiger partial charge in [-0.2, -0.15) is 4.98 Å². The Kier molecular flexibility index (Phi) is 5.33. The minimum Gasteiger partial charge on any atom is -0.497 e. The molecule has 0 saturated heterocycles. The SMILES string of the molecule is COc1ccc(-c2noc(CC(CN)CC(C)C)n2)cc1. The summed E-state index contributed by atoms with van der Waals surface area (Å²) in [5.41, 5.74) is 6.73. The Morgan fingerprint density at radius 1 is 1.24 bits per heavy atom. The van der Waals surface area contributed by atoms with Crippen LogP contribution in [0.5, 0.6) is 5.75 Å². The largest absolute Gasteiger partial charge is 0.497 e. The summed E-state index contributed by atoms with van der Waals surface area (Å²) in [6.07, 6.45) is 1.80. The zero-order chi connectivity index (χ0) is 15.2. The Balaban J connectivity index is 2.06. The van der Waals surface area contributed by atoms with E-state index in [-0.39, 0.29) is 0 Å². The van der Waals surface area contributed by atoms with Gasteiger partial charge in [-0.3, -0.25) is 0 Å². The van der Waals surface area contributed by atoms with Gasteiger partial charge in [0.25, 0.3) is 0 Å². The van der Waals surface area contributed by atoms with Crippen LogP contribution in [0.3, 0.4) is 0 Å². The molecule has 2 rings (SSSR count). The second-order valence-corrected chi connectivity index (χ2v) is 5.68. The third-order valence-electron chi connectivity index (χ3n) is 3.42. The minimum atomic E-state index is 0.383. The Morgan fingerprint density at radius 2 is 1.95 bits per heavy atom. The molecular formula is C16H23N3O2. The van der Waals surface area contributed by atoms with Crippen LogP contribution in [0.25, 0.3) is 11.4 Å². The Labute approximate surface area is 125 Å². The smallest absolute Gasteiger partial charge is 0.227 e. The van der Waals surface area contributed by atoms with Crippen LogP contribution in [0.1, 0.15) is 26.2 Å². The standard InChI is InChI=1S/C16H23N3O2/c1-11(2)8-12(10-17)9-15-18-16(19-21-15)13-4-6-14(20-3)7-5-13/h4-7,11-12H,8-10,17H2,1-3H3. The monoisotopic (exact) mass is 289 g/mol. The molecule has 0 saturated carbocycles. The van der Waals surface area contributed by atoms with Crippen molar-refractivity contribution in [1.82, 2.24) is 10.1 Å². The fourth-order valence-electron chi connectivity index (χ4n) is 2.37. The van der Waals surface area contributed by atoms with Gasteiger partial charge in [0.2, 0.25) is 11.7 Å². The van der Waals surface area contributed by atoms with Crippen LogP contribution in [0, 0.1) is 11.8 Å². The summed E-state index contributed by atoms with van der Waals surface area (Å²) in [6.45, 7) is 5.02. The Morgan fingerprint density at radius 3 is 2.52 bits per heavy atom. The van der Waals surface area contributed by atoms with Crippen molar-refractivity contribution in [3.8, 4) is 17.1 Å². The van der Waals surface area contributed by atoms with Gasteiger partial charge in [0.1, 0.15) is 5.75 Å². The number of hydrogen-bond acceptors (Lipinski definition) is 5. The quantitative estimate of drug-likeness (QED) is 0.848. The highest BCUT2D eigenvalue weighted by atomic mass is 16.5. The highest BCUT2D eigenvalue weighted by Crippen LogP contribution is 2.21. The van der Waals surface area contributed by atoms with Crippen molar-refractivity contribution < 1.29 is 9.26 Å². The molecule has 21 heavy (non-hydrogen) atoms. The molecule has 1 aromatic carbocycles. The molecule has 1 unspecified atom stereocenters. The van der Waals surface area contributed by atoms with E-state index in [1.807, 2.05) is 24.3 Å². The summed E-state index contributed by atoms with van der Waals surface area (Å²) in [6, 6.07) is 7.60. The van der Waals surface area contributed by atoms with E-state index in [9.17, 15) is 0 Å². The summed E-state index contributed by atoms with van der Waals surface area (Å²) in [5.74, 6) is 3.06. The van der Waals surface area contributed by atoms with Gasteiger partial charge < -0.3 is 15.0 Å². The van der Waals surface area contributed by atoms with E-state index in [0.717, 1.165) is 24.2 Å². The molecule has 2 aromatic rings. The van der Waals surface area contributed by atoms with E-state index in [0.29, 0.717) is 30.1 Å². The van der Waals surface area contributed by atoms with Gasteiger partial charge in [-0.05, 0) is 49.1 Å². The lowest BCUT2D eigenvalue weighted by Gasteiger charge is -2.14. The van der Waals surface area contributed by atoms with Crippen LogP contribution in [-0.2, 0) is 6.42 Å². The number of benzene rings is 1. The number of nitrogens with two attached hydrogens (primary N) is 1. The van der Waals surface area contributed by atoms with Gasteiger partial charge in [-0.1, -0.05) is 19.0 Å². The number of rotatable bonds is 7. The zero-order valence-electron chi connectivity index (χ0n) is 12.9. The van der Waals surface area contributed by atoms with Crippen LogP contribution in [0.2, 0.25) is 0 Å². The molecule has 0 spiro atoms. The van der Waals surface area contributed by atoms with Crippen molar-refractivity contribution in [1.29, 1.82) is 0 Å². The summed E-state index contributed by atoms with van der Waals surface area (Å²) in [4.78, 5) is 4.46. The molecule has 1 heterocycles. The Bertz CT molecular complexity index is 549. The van der Waals surface area contributed by atoms with E-state index in [2.05, 4.69) is 24.0 Å². The van der Waals surface area contributed by atoms with Crippen LogP contribution in [-0.4, -0.2) is 23.8 Å². The number of aromatic nitrogens is 2. The minimum absolute atomic E-state index is 0.383. The van der Waals surface area contributed by atoms with Gasteiger partial charge in [-0.15, -0.1) is 0 Å². The lowest BCUT2D eigenvalue weighted by atomic mass is 9.94. The molecule has 0 radical (unpaired) electrons. The van der Waals surface area contributed by atoms with Crippen molar-refractivity contribution in [3.05, 3.63) is 30.2 Å². The molecule has 5 heteroatoms. The second-order valence-electron chi connectivity index (χ2n) is 5.68. The van der Waals surface area contributed by atoms with Crippen LogP contribution in [0.4, 0.5) is 0 Å². The maximum absolute atomic E-state index is 5.82. The average Bonchev–Trinajstić information content (AvgIpc) is 2.94. The third-order valence-corrected chi connectivity index (χ3v) is 3.42. The molecule has 2 N–H and O–H groups in total.